The lowest BCUT2D eigenvalue weighted by atomic mass is 9.96. The molecule has 2 aliphatic heterocycles. The lowest BCUT2D eigenvalue weighted by Gasteiger charge is -2.25. The quantitative estimate of drug-likeness (QED) is 0.899. The molecule has 1 amide bonds. The maximum Gasteiger partial charge on any atom is 0.231 e. The van der Waals surface area contributed by atoms with Crippen LogP contribution in [0, 0.1) is 5.92 Å². The Balaban J connectivity index is 1.40. The summed E-state index contributed by atoms with van der Waals surface area (Å²) in [5.41, 5.74) is 3.04. The van der Waals surface area contributed by atoms with Crippen molar-refractivity contribution in [2.24, 2.45) is 5.92 Å². The van der Waals surface area contributed by atoms with Gasteiger partial charge in [-0.3, -0.25) is 4.79 Å². The van der Waals surface area contributed by atoms with Crippen LogP contribution in [0.5, 0.6) is 5.75 Å². The molecule has 0 saturated carbocycles. The van der Waals surface area contributed by atoms with Crippen LogP contribution in [0.25, 0.3) is 0 Å². The zero-order valence-corrected chi connectivity index (χ0v) is 14.8. The van der Waals surface area contributed by atoms with Crippen molar-refractivity contribution in [2.75, 3.05) is 29.9 Å². The van der Waals surface area contributed by atoms with Crippen LogP contribution in [0.15, 0.2) is 42.5 Å². The smallest absolute Gasteiger partial charge is 0.231 e. The van der Waals surface area contributed by atoms with Crippen LogP contribution in [0.2, 0.25) is 5.02 Å². The second-order valence-corrected chi connectivity index (χ2v) is 7.13. The summed E-state index contributed by atoms with van der Waals surface area (Å²) in [6.45, 7) is 2.63. The minimum absolute atomic E-state index is 0.0143. The molecule has 1 atom stereocenters. The second-order valence-electron chi connectivity index (χ2n) is 6.69. The zero-order chi connectivity index (χ0) is 17.2. The van der Waals surface area contributed by atoms with Crippen LogP contribution in [0.3, 0.4) is 0 Å². The highest BCUT2D eigenvalue weighted by atomic mass is 35.5. The highest BCUT2D eigenvalue weighted by Gasteiger charge is 2.26. The number of rotatable bonds is 3. The molecule has 2 aromatic carbocycles. The molecule has 1 N–H and O–H groups in total. The number of halogens is 1. The van der Waals surface area contributed by atoms with E-state index in [1.54, 1.807) is 0 Å². The van der Waals surface area contributed by atoms with Gasteiger partial charge in [-0.2, -0.15) is 0 Å². The van der Waals surface area contributed by atoms with Crippen molar-refractivity contribution in [1.82, 2.24) is 0 Å². The van der Waals surface area contributed by atoms with Crippen LogP contribution in [0.4, 0.5) is 11.4 Å². The molecule has 1 saturated heterocycles. The molecule has 2 heterocycles. The fraction of sp³-hybridized carbons (Fsp3) is 0.350. The molecular formula is C20H21ClN2O2. The topological polar surface area (TPSA) is 41.6 Å². The fourth-order valence-electron chi connectivity index (χ4n) is 3.51. The zero-order valence-electron chi connectivity index (χ0n) is 14.0. The third-order valence-corrected chi connectivity index (χ3v) is 5.14. The third-order valence-electron chi connectivity index (χ3n) is 4.91. The molecule has 2 aromatic rings. The number of nitrogens with one attached hydrogen (secondary N) is 1. The summed E-state index contributed by atoms with van der Waals surface area (Å²) >= 11 is 6.04. The molecule has 0 spiro atoms. The van der Waals surface area contributed by atoms with Crippen LogP contribution < -0.4 is 15.0 Å². The van der Waals surface area contributed by atoms with Gasteiger partial charge in [-0.1, -0.05) is 11.6 Å². The molecule has 1 fully saturated rings. The summed E-state index contributed by atoms with van der Waals surface area (Å²) in [4.78, 5) is 14.9. The Labute approximate surface area is 152 Å². The van der Waals surface area contributed by atoms with E-state index in [2.05, 4.69) is 22.3 Å². The number of carbonyl (C=O) groups is 1. The van der Waals surface area contributed by atoms with Crippen LogP contribution in [0.1, 0.15) is 18.4 Å². The second kappa shape index (κ2) is 6.96. The standard InChI is InChI=1S/C20H21ClN2O2/c21-16-3-8-19-14(12-16)11-15(13-25-19)20(24)22-17-4-6-18(7-5-17)23-9-1-2-10-23/h3-8,12,15H,1-2,9-11,13H2,(H,22,24)/t15-/m1/s1. The number of ether oxygens (including phenoxy) is 1. The molecule has 0 unspecified atom stereocenters. The van der Waals surface area contributed by atoms with E-state index in [0.717, 1.165) is 30.1 Å². The molecule has 25 heavy (non-hydrogen) atoms. The lowest BCUT2D eigenvalue weighted by molar-refractivity contribution is -0.121. The van der Waals surface area contributed by atoms with Crippen molar-refractivity contribution in [3.8, 4) is 5.75 Å². The molecule has 0 aromatic heterocycles. The van der Waals surface area contributed by atoms with Gasteiger partial charge in [-0.05, 0) is 67.3 Å². The number of amides is 1. The Hall–Kier alpha value is -2.20. The summed E-state index contributed by atoms with van der Waals surface area (Å²) in [6, 6.07) is 13.6. The first-order chi connectivity index (χ1) is 12.2. The maximum atomic E-state index is 12.6. The lowest BCUT2D eigenvalue weighted by Crippen LogP contribution is -2.32. The maximum absolute atomic E-state index is 12.6. The van der Waals surface area contributed by atoms with Gasteiger partial charge in [-0.15, -0.1) is 0 Å². The van der Waals surface area contributed by atoms with Gasteiger partial charge in [0.25, 0.3) is 0 Å². The van der Waals surface area contributed by atoms with E-state index in [0.29, 0.717) is 18.1 Å². The number of benzene rings is 2. The Morgan fingerprint density at radius 2 is 1.88 bits per heavy atom. The Morgan fingerprint density at radius 3 is 2.64 bits per heavy atom. The Morgan fingerprint density at radius 1 is 1.12 bits per heavy atom. The summed E-state index contributed by atoms with van der Waals surface area (Å²) in [5, 5.41) is 3.67. The van der Waals surface area contributed by atoms with Crippen molar-refractivity contribution in [3.05, 3.63) is 53.1 Å². The first kappa shape index (κ1) is 16.3. The van der Waals surface area contributed by atoms with Crippen molar-refractivity contribution in [3.63, 3.8) is 0 Å². The first-order valence-corrected chi connectivity index (χ1v) is 9.14. The van der Waals surface area contributed by atoms with E-state index in [1.807, 2.05) is 30.3 Å². The number of carbonyl (C=O) groups excluding carboxylic acids is 1. The molecular weight excluding hydrogens is 336 g/mol. The molecule has 2 aliphatic rings. The monoisotopic (exact) mass is 356 g/mol. The van der Waals surface area contributed by atoms with E-state index in [4.69, 9.17) is 16.3 Å². The number of nitrogens with zero attached hydrogens (tertiary/aromatic N) is 1. The van der Waals surface area contributed by atoms with Gasteiger partial charge in [0, 0.05) is 29.5 Å². The van der Waals surface area contributed by atoms with E-state index < -0.39 is 0 Å². The molecule has 4 nitrogen and oxygen atoms in total. The molecule has 0 radical (unpaired) electrons. The Bertz CT molecular complexity index is 770. The molecule has 130 valence electrons. The molecule has 0 bridgehead atoms. The SMILES string of the molecule is O=C(Nc1ccc(N2CCCC2)cc1)[C@H]1COc2ccc(Cl)cc2C1. The van der Waals surface area contributed by atoms with E-state index >= 15 is 0 Å². The summed E-state index contributed by atoms with van der Waals surface area (Å²) in [5.74, 6) is 0.604. The van der Waals surface area contributed by atoms with Crippen molar-refractivity contribution in [1.29, 1.82) is 0 Å². The van der Waals surface area contributed by atoms with E-state index in [-0.39, 0.29) is 11.8 Å². The predicted molar refractivity (Wildman–Crippen MR) is 101 cm³/mol. The highest BCUT2D eigenvalue weighted by Crippen LogP contribution is 2.30. The van der Waals surface area contributed by atoms with Crippen molar-refractivity contribution in [2.45, 2.75) is 19.3 Å². The molecule has 0 aliphatic carbocycles. The first-order valence-electron chi connectivity index (χ1n) is 8.76. The van der Waals surface area contributed by atoms with Crippen molar-refractivity contribution >= 4 is 28.9 Å². The average Bonchev–Trinajstić information content (AvgIpc) is 3.16. The van der Waals surface area contributed by atoms with Crippen LogP contribution in [-0.4, -0.2) is 25.6 Å². The minimum atomic E-state index is -0.204. The van der Waals surface area contributed by atoms with Gasteiger partial charge in [0.1, 0.15) is 12.4 Å². The van der Waals surface area contributed by atoms with Gasteiger partial charge < -0.3 is 15.0 Å². The van der Waals surface area contributed by atoms with Crippen LogP contribution in [-0.2, 0) is 11.2 Å². The summed E-state index contributed by atoms with van der Waals surface area (Å²) in [7, 11) is 0. The highest BCUT2D eigenvalue weighted by molar-refractivity contribution is 6.30. The largest absolute Gasteiger partial charge is 0.492 e. The number of fused-ring (bicyclic) bond motifs is 1. The van der Waals surface area contributed by atoms with Gasteiger partial charge in [0.05, 0.1) is 5.92 Å². The average molecular weight is 357 g/mol. The number of hydrogen-bond donors (Lipinski definition) is 1. The third kappa shape index (κ3) is 3.59. The summed E-state index contributed by atoms with van der Waals surface area (Å²) < 4.78 is 5.71. The molecule has 5 heteroatoms. The van der Waals surface area contributed by atoms with Gasteiger partial charge in [0.15, 0.2) is 0 Å². The minimum Gasteiger partial charge on any atom is -0.492 e. The fourth-order valence-corrected chi connectivity index (χ4v) is 3.70. The van der Waals surface area contributed by atoms with Gasteiger partial charge in [0.2, 0.25) is 5.91 Å². The van der Waals surface area contributed by atoms with E-state index in [1.165, 1.54) is 18.5 Å². The number of hydrogen-bond acceptors (Lipinski definition) is 3. The summed E-state index contributed by atoms with van der Waals surface area (Å²) in [6.07, 6.45) is 3.16. The van der Waals surface area contributed by atoms with Gasteiger partial charge in [-0.25, -0.2) is 0 Å². The predicted octanol–water partition coefficient (Wildman–Crippen LogP) is 4.13. The van der Waals surface area contributed by atoms with Crippen molar-refractivity contribution < 1.29 is 9.53 Å². The van der Waals surface area contributed by atoms with Crippen LogP contribution >= 0.6 is 11.6 Å². The molecule has 4 rings (SSSR count). The normalized spacial score (nSPS) is 19.2. The van der Waals surface area contributed by atoms with Gasteiger partial charge >= 0.3 is 0 Å². The Kier molecular flexibility index (Phi) is 4.53. The number of anilines is 2. The van der Waals surface area contributed by atoms with E-state index in [9.17, 15) is 4.79 Å².